The van der Waals surface area contributed by atoms with Gasteiger partial charge in [-0.1, -0.05) is 42.5 Å². The summed E-state index contributed by atoms with van der Waals surface area (Å²) in [4.78, 5) is 25.5. The number of halogens is 1. The highest BCUT2D eigenvalue weighted by molar-refractivity contribution is 5.92. The topological polar surface area (TPSA) is 112 Å². The fourth-order valence-electron chi connectivity index (χ4n) is 3.35. The van der Waals surface area contributed by atoms with E-state index in [1.54, 1.807) is 12.1 Å². The van der Waals surface area contributed by atoms with Crippen molar-refractivity contribution in [2.75, 3.05) is 0 Å². The van der Waals surface area contributed by atoms with Crippen LogP contribution in [0, 0.1) is 5.82 Å². The van der Waals surface area contributed by atoms with Crippen molar-refractivity contribution in [1.29, 1.82) is 0 Å². The van der Waals surface area contributed by atoms with Gasteiger partial charge in [0.2, 0.25) is 17.1 Å². The number of benzene rings is 2. The minimum absolute atomic E-state index is 0.0138. The van der Waals surface area contributed by atoms with Crippen LogP contribution in [0.25, 0.3) is 0 Å². The number of hydrogen-bond acceptors (Lipinski definition) is 7. The number of rotatable bonds is 5. The van der Waals surface area contributed by atoms with E-state index in [0.29, 0.717) is 5.56 Å². The molecule has 31 heavy (non-hydrogen) atoms. The van der Waals surface area contributed by atoms with Crippen LogP contribution in [0.2, 0.25) is 0 Å². The van der Waals surface area contributed by atoms with Gasteiger partial charge in [-0.05, 0) is 23.3 Å². The van der Waals surface area contributed by atoms with Crippen LogP contribution in [0.1, 0.15) is 28.6 Å². The highest BCUT2D eigenvalue weighted by atomic mass is 19.1. The average molecular weight is 423 g/mol. The van der Waals surface area contributed by atoms with Gasteiger partial charge < -0.3 is 24.7 Å². The lowest BCUT2D eigenvalue weighted by atomic mass is 9.86. The Labute approximate surface area is 176 Å². The van der Waals surface area contributed by atoms with Crippen molar-refractivity contribution < 1.29 is 28.2 Å². The van der Waals surface area contributed by atoms with Crippen molar-refractivity contribution in [3.8, 4) is 5.75 Å². The lowest BCUT2D eigenvalue weighted by Crippen LogP contribution is -2.30. The minimum atomic E-state index is -0.994. The van der Waals surface area contributed by atoms with E-state index in [1.165, 1.54) is 24.3 Å². The van der Waals surface area contributed by atoms with Crippen molar-refractivity contribution >= 4 is 5.97 Å². The highest BCUT2D eigenvalue weighted by Crippen LogP contribution is 2.41. The molecule has 8 heteroatoms. The summed E-state index contributed by atoms with van der Waals surface area (Å²) in [6, 6.07) is 15.4. The second kappa shape index (κ2) is 8.45. The molecule has 1 aliphatic rings. The summed E-state index contributed by atoms with van der Waals surface area (Å²) in [6.07, 6.45) is 0. The van der Waals surface area contributed by atoms with Crippen LogP contribution in [-0.4, -0.2) is 11.1 Å². The zero-order valence-electron chi connectivity index (χ0n) is 16.2. The third kappa shape index (κ3) is 4.06. The summed E-state index contributed by atoms with van der Waals surface area (Å²) in [5.41, 5.74) is 6.54. The number of carbonyl (C=O) groups excluding carboxylic acids is 1. The Morgan fingerprint density at radius 3 is 2.52 bits per heavy atom. The third-order valence-electron chi connectivity index (χ3n) is 4.80. The molecule has 1 aromatic heterocycles. The molecule has 1 aliphatic heterocycles. The molecule has 2 heterocycles. The largest absolute Gasteiger partial charge is 0.458 e. The Morgan fingerprint density at radius 1 is 1.13 bits per heavy atom. The van der Waals surface area contributed by atoms with Gasteiger partial charge in [0.05, 0.1) is 5.92 Å². The second-order valence-corrected chi connectivity index (χ2v) is 6.85. The number of nitrogens with two attached hydrogens (primary N) is 1. The molecule has 0 saturated carbocycles. The number of aliphatic hydroxyl groups excluding tert-OH is 1. The van der Waals surface area contributed by atoms with E-state index in [2.05, 4.69) is 0 Å². The zero-order chi connectivity index (χ0) is 22.0. The first-order valence-electron chi connectivity index (χ1n) is 9.39. The lowest BCUT2D eigenvalue weighted by molar-refractivity contribution is -0.140. The van der Waals surface area contributed by atoms with Gasteiger partial charge in [0, 0.05) is 6.07 Å². The molecule has 0 amide bonds. The molecule has 0 bridgehead atoms. The van der Waals surface area contributed by atoms with Crippen molar-refractivity contribution in [2.45, 2.75) is 19.1 Å². The average Bonchev–Trinajstić information content (AvgIpc) is 2.78. The maximum absolute atomic E-state index is 13.5. The number of hydrogen-bond donors (Lipinski definition) is 2. The molecule has 0 fully saturated rings. The van der Waals surface area contributed by atoms with E-state index >= 15 is 0 Å². The van der Waals surface area contributed by atoms with E-state index in [9.17, 15) is 19.1 Å². The molecule has 0 spiro atoms. The number of aliphatic hydroxyl groups is 1. The van der Waals surface area contributed by atoms with Gasteiger partial charge in [-0.25, -0.2) is 9.18 Å². The Kier molecular flexibility index (Phi) is 5.55. The van der Waals surface area contributed by atoms with Crippen molar-refractivity contribution in [2.24, 2.45) is 5.73 Å². The van der Waals surface area contributed by atoms with Gasteiger partial charge in [0.25, 0.3) is 0 Å². The molecule has 0 unspecified atom stereocenters. The van der Waals surface area contributed by atoms with Crippen LogP contribution in [-0.2, 0) is 22.7 Å². The van der Waals surface area contributed by atoms with Gasteiger partial charge in [-0.3, -0.25) is 4.79 Å². The van der Waals surface area contributed by atoms with Gasteiger partial charge in [0.15, 0.2) is 5.76 Å². The summed E-state index contributed by atoms with van der Waals surface area (Å²) in [5.74, 6) is -2.81. The summed E-state index contributed by atoms with van der Waals surface area (Å²) >= 11 is 0. The number of ether oxygens (including phenoxy) is 2. The molecular formula is C23H18FNO6. The van der Waals surface area contributed by atoms with Crippen molar-refractivity contribution in [3.63, 3.8) is 0 Å². The van der Waals surface area contributed by atoms with E-state index in [-0.39, 0.29) is 35.3 Å². The summed E-state index contributed by atoms with van der Waals surface area (Å²) in [7, 11) is 0. The van der Waals surface area contributed by atoms with E-state index in [0.717, 1.165) is 11.6 Å². The Morgan fingerprint density at radius 2 is 1.84 bits per heavy atom. The molecule has 1 atom stereocenters. The summed E-state index contributed by atoms with van der Waals surface area (Å²) in [6.45, 7) is -0.550. The predicted molar refractivity (Wildman–Crippen MR) is 107 cm³/mol. The lowest BCUT2D eigenvalue weighted by Gasteiger charge is -2.27. The highest BCUT2D eigenvalue weighted by Gasteiger charge is 2.39. The maximum Gasteiger partial charge on any atom is 0.340 e. The maximum atomic E-state index is 13.5. The number of fused-ring (bicyclic) bond motifs is 1. The van der Waals surface area contributed by atoms with Crippen LogP contribution in [0.15, 0.2) is 81.3 Å². The Hall–Kier alpha value is -3.91. The smallest absolute Gasteiger partial charge is 0.340 e. The molecule has 2 aromatic carbocycles. The van der Waals surface area contributed by atoms with Crippen LogP contribution >= 0.6 is 0 Å². The monoisotopic (exact) mass is 423 g/mol. The van der Waals surface area contributed by atoms with Crippen LogP contribution in [0.3, 0.4) is 0 Å². The van der Waals surface area contributed by atoms with E-state index < -0.39 is 29.7 Å². The molecular weight excluding hydrogens is 405 g/mol. The van der Waals surface area contributed by atoms with Gasteiger partial charge in [0.1, 0.15) is 30.4 Å². The predicted octanol–water partition coefficient (Wildman–Crippen LogP) is 2.71. The second-order valence-electron chi connectivity index (χ2n) is 6.85. The standard InChI is InChI=1S/C23H18FNO6/c24-15-8-6-14(7-9-15)18-19(23(28)29-12-13-4-2-1-3-5-13)22(25)31-20-17(27)10-16(11-26)30-21(18)20/h1-10,18,26H,11-12,25H2/t18-/m0/s1. The molecule has 0 saturated heterocycles. The van der Waals surface area contributed by atoms with Gasteiger partial charge >= 0.3 is 5.97 Å². The van der Waals surface area contributed by atoms with Crippen LogP contribution < -0.4 is 15.9 Å². The minimum Gasteiger partial charge on any atom is -0.458 e. The Bertz CT molecular complexity index is 1200. The molecule has 4 rings (SSSR count). The van der Waals surface area contributed by atoms with E-state index in [4.69, 9.17) is 19.6 Å². The molecule has 0 radical (unpaired) electrons. The quantitative estimate of drug-likeness (QED) is 0.607. The first kappa shape index (κ1) is 20.4. The number of carbonyl (C=O) groups is 1. The Balaban J connectivity index is 1.78. The number of esters is 1. The molecule has 158 valence electrons. The van der Waals surface area contributed by atoms with Crippen molar-refractivity contribution in [3.05, 3.63) is 111 Å². The first-order chi connectivity index (χ1) is 15.0. The summed E-state index contributed by atoms with van der Waals surface area (Å²) in [5, 5.41) is 9.44. The van der Waals surface area contributed by atoms with Crippen LogP contribution in [0.4, 0.5) is 4.39 Å². The third-order valence-corrected chi connectivity index (χ3v) is 4.80. The van der Waals surface area contributed by atoms with Gasteiger partial charge in [-0.15, -0.1) is 0 Å². The van der Waals surface area contributed by atoms with Crippen molar-refractivity contribution in [1.82, 2.24) is 0 Å². The fourth-order valence-corrected chi connectivity index (χ4v) is 3.35. The molecule has 0 aliphatic carbocycles. The first-order valence-corrected chi connectivity index (χ1v) is 9.39. The summed E-state index contributed by atoms with van der Waals surface area (Å²) < 4.78 is 30.0. The van der Waals surface area contributed by atoms with E-state index in [1.807, 2.05) is 18.2 Å². The molecule has 3 N–H and O–H groups in total. The zero-order valence-corrected chi connectivity index (χ0v) is 16.2. The SMILES string of the molecule is NC1=C(C(=O)OCc2ccccc2)[C@H](c2ccc(F)cc2)c2oc(CO)cc(=O)c2O1. The molecule has 3 aromatic rings. The van der Waals surface area contributed by atoms with Gasteiger partial charge in [-0.2, -0.15) is 0 Å². The molecule has 7 nitrogen and oxygen atoms in total. The van der Waals surface area contributed by atoms with Crippen LogP contribution in [0.5, 0.6) is 5.75 Å². The fraction of sp³-hybridized carbons (Fsp3) is 0.130. The normalized spacial score (nSPS) is 15.2.